The Balaban J connectivity index is 5.44. The summed E-state index contributed by atoms with van der Waals surface area (Å²) >= 11 is 0. The van der Waals surface area contributed by atoms with Crippen molar-refractivity contribution in [2.24, 2.45) is 22.8 Å². The molecule has 0 heterocycles. The minimum atomic E-state index is -0.790. The molecule has 0 aromatic rings. The molecule has 0 saturated heterocycles. The summed E-state index contributed by atoms with van der Waals surface area (Å²) in [6.45, 7) is 14.5. The number of carbonyl (C=O) groups excluding carboxylic acids is 2. The van der Waals surface area contributed by atoms with E-state index in [1.165, 1.54) is 12.5 Å². The zero-order chi connectivity index (χ0) is 23.8. The summed E-state index contributed by atoms with van der Waals surface area (Å²) in [5, 5.41) is 0. The molecule has 0 aromatic heterocycles. The highest BCUT2D eigenvalue weighted by molar-refractivity contribution is 5.65. The van der Waals surface area contributed by atoms with E-state index in [2.05, 4.69) is 20.1 Å². The van der Waals surface area contributed by atoms with Crippen LogP contribution in [0.25, 0.3) is 0 Å². The molecule has 0 saturated carbocycles. The lowest BCUT2D eigenvalue weighted by Crippen LogP contribution is -2.50. The van der Waals surface area contributed by atoms with Gasteiger partial charge in [0.2, 0.25) is 0 Å². The summed E-state index contributed by atoms with van der Waals surface area (Å²) in [6, 6.07) is 0. The summed E-state index contributed by atoms with van der Waals surface area (Å²) in [7, 11) is 0. The minimum absolute atomic E-state index is 0.197. The molecule has 0 rings (SSSR count). The van der Waals surface area contributed by atoms with E-state index in [1.807, 2.05) is 13.8 Å². The monoisotopic (exact) mass is 442 g/mol. The Morgan fingerprint density at radius 2 is 1.39 bits per heavy atom. The lowest BCUT2D eigenvalue weighted by atomic mass is 9.61. The average molecular weight is 443 g/mol. The van der Waals surface area contributed by atoms with Crippen molar-refractivity contribution in [3.05, 3.63) is 25.7 Å². The van der Waals surface area contributed by atoms with Crippen LogP contribution in [0.4, 0.5) is 9.59 Å². The molecule has 0 aliphatic carbocycles. The molecule has 2 unspecified atom stereocenters. The molecule has 0 aliphatic rings. The van der Waals surface area contributed by atoms with Crippen LogP contribution in [0, 0.1) is 11.3 Å². The van der Waals surface area contributed by atoms with E-state index >= 15 is 0 Å². The van der Waals surface area contributed by atoms with E-state index in [0.29, 0.717) is 19.6 Å². The van der Waals surface area contributed by atoms with Crippen LogP contribution in [0.5, 0.6) is 0 Å². The second-order valence-electron chi connectivity index (χ2n) is 8.38. The van der Waals surface area contributed by atoms with Crippen molar-refractivity contribution in [3.63, 3.8) is 0 Å². The van der Waals surface area contributed by atoms with Gasteiger partial charge in [-0.15, -0.1) is 0 Å². The number of hydrogen-bond donors (Lipinski definition) is 2. The SMILES string of the molecule is C=COCCCCC(CCCOC(N)=O)C(C)(CCCCOC=C)C(C)(C)OC(N)=O. The molecule has 4 N–H and O–H groups in total. The van der Waals surface area contributed by atoms with Crippen molar-refractivity contribution in [2.45, 2.75) is 77.7 Å². The third-order valence-corrected chi connectivity index (χ3v) is 6.08. The van der Waals surface area contributed by atoms with Crippen molar-refractivity contribution in [2.75, 3.05) is 19.8 Å². The second-order valence-corrected chi connectivity index (χ2v) is 8.38. The average Bonchev–Trinajstić information content (AvgIpc) is 2.67. The minimum Gasteiger partial charge on any atom is -0.502 e. The molecule has 2 atom stereocenters. The zero-order valence-electron chi connectivity index (χ0n) is 19.5. The molecule has 0 radical (unpaired) electrons. The first kappa shape index (κ1) is 28.6. The normalized spacial score (nSPS) is 14.0. The van der Waals surface area contributed by atoms with E-state index in [1.54, 1.807) is 0 Å². The molecule has 0 fully saturated rings. The highest BCUT2D eigenvalue weighted by Gasteiger charge is 2.48. The van der Waals surface area contributed by atoms with Crippen LogP contribution < -0.4 is 11.5 Å². The highest BCUT2D eigenvalue weighted by atomic mass is 16.6. The van der Waals surface area contributed by atoms with Crippen LogP contribution in [-0.2, 0) is 18.9 Å². The number of rotatable bonds is 19. The molecule has 0 spiro atoms. The Labute approximate surface area is 187 Å². The van der Waals surface area contributed by atoms with Crippen molar-refractivity contribution in [3.8, 4) is 0 Å². The van der Waals surface area contributed by atoms with Gasteiger partial charge in [0.05, 0.1) is 32.3 Å². The Kier molecular flexibility index (Phi) is 14.2. The molecule has 180 valence electrons. The van der Waals surface area contributed by atoms with Gasteiger partial charge in [-0.25, -0.2) is 9.59 Å². The van der Waals surface area contributed by atoms with Crippen LogP contribution in [0.1, 0.15) is 72.1 Å². The summed E-state index contributed by atoms with van der Waals surface area (Å²) in [4.78, 5) is 22.5. The number of nitrogens with two attached hydrogens (primary N) is 2. The van der Waals surface area contributed by atoms with Gasteiger partial charge in [-0.1, -0.05) is 20.1 Å². The Hall–Kier alpha value is -2.38. The van der Waals surface area contributed by atoms with E-state index in [4.69, 9.17) is 30.4 Å². The molecular weight excluding hydrogens is 400 g/mol. The van der Waals surface area contributed by atoms with Gasteiger partial charge in [0.15, 0.2) is 0 Å². The molecule has 2 amide bonds. The quantitative estimate of drug-likeness (QED) is 0.214. The first-order valence-electron chi connectivity index (χ1n) is 11.0. The lowest BCUT2D eigenvalue weighted by Gasteiger charge is -2.49. The molecule has 0 aliphatic heterocycles. The standard InChI is InChI=1S/C23H42N2O6/c1-6-28-16-10-8-13-19(14-12-18-30-20(24)26)23(5,15-9-11-17-29-7-2)22(3,4)31-21(25)27/h6-7,19H,1-2,8-18H2,3-5H3,(H2,24,26)(H2,25,27). The molecular formula is C23H42N2O6. The fraction of sp³-hybridized carbons (Fsp3) is 0.739. The lowest BCUT2D eigenvalue weighted by molar-refractivity contribution is -0.0956. The van der Waals surface area contributed by atoms with Crippen LogP contribution >= 0.6 is 0 Å². The van der Waals surface area contributed by atoms with Crippen LogP contribution in [0.15, 0.2) is 25.7 Å². The van der Waals surface area contributed by atoms with E-state index in [9.17, 15) is 9.59 Å². The van der Waals surface area contributed by atoms with Crippen LogP contribution in [-0.4, -0.2) is 37.6 Å². The number of primary amides is 2. The van der Waals surface area contributed by atoms with Crippen LogP contribution in [0.3, 0.4) is 0 Å². The largest absolute Gasteiger partial charge is 0.502 e. The maximum atomic E-state index is 11.6. The summed E-state index contributed by atoms with van der Waals surface area (Å²) in [5.41, 5.74) is 9.32. The first-order valence-corrected chi connectivity index (χ1v) is 11.0. The molecule has 8 heteroatoms. The Morgan fingerprint density at radius 1 is 0.839 bits per heavy atom. The Morgan fingerprint density at radius 3 is 1.90 bits per heavy atom. The fourth-order valence-electron chi connectivity index (χ4n) is 4.07. The van der Waals surface area contributed by atoms with E-state index in [0.717, 1.165) is 44.9 Å². The zero-order valence-corrected chi connectivity index (χ0v) is 19.5. The molecule has 0 bridgehead atoms. The highest BCUT2D eigenvalue weighted by Crippen LogP contribution is 2.49. The second kappa shape index (κ2) is 15.4. The smallest absolute Gasteiger partial charge is 0.405 e. The van der Waals surface area contributed by atoms with Gasteiger partial charge in [-0.2, -0.15) is 0 Å². The van der Waals surface area contributed by atoms with Gasteiger partial charge in [0.1, 0.15) is 5.60 Å². The number of unbranched alkanes of at least 4 members (excludes halogenated alkanes) is 2. The van der Waals surface area contributed by atoms with Gasteiger partial charge in [0.25, 0.3) is 0 Å². The van der Waals surface area contributed by atoms with Gasteiger partial charge in [-0.05, 0) is 71.1 Å². The third-order valence-electron chi connectivity index (χ3n) is 6.08. The summed E-state index contributed by atoms with van der Waals surface area (Å²) < 4.78 is 21.0. The maximum Gasteiger partial charge on any atom is 0.405 e. The van der Waals surface area contributed by atoms with Crippen molar-refractivity contribution in [1.29, 1.82) is 0 Å². The van der Waals surface area contributed by atoms with Gasteiger partial charge >= 0.3 is 12.2 Å². The van der Waals surface area contributed by atoms with Crippen molar-refractivity contribution < 1.29 is 28.5 Å². The number of hydrogen-bond acceptors (Lipinski definition) is 6. The Bertz CT molecular complexity index is 552. The molecule has 0 aromatic carbocycles. The number of ether oxygens (including phenoxy) is 4. The van der Waals surface area contributed by atoms with Gasteiger partial charge in [0, 0.05) is 5.41 Å². The fourth-order valence-corrected chi connectivity index (χ4v) is 4.07. The van der Waals surface area contributed by atoms with Gasteiger partial charge < -0.3 is 30.4 Å². The maximum absolute atomic E-state index is 11.6. The first-order chi connectivity index (χ1) is 14.6. The van der Waals surface area contributed by atoms with Gasteiger partial charge in [-0.3, -0.25) is 0 Å². The van der Waals surface area contributed by atoms with Crippen LogP contribution in [0.2, 0.25) is 0 Å². The number of amides is 2. The molecule has 8 nitrogen and oxygen atoms in total. The van der Waals surface area contributed by atoms with Crippen molar-refractivity contribution >= 4 is 12.2 Å². The topological polar surface area (TPSA) is 123 Å². The summed E-state index contributed by atoms with van der Waals surface area (Å²) in [6.07, 6.45) is 8.08. The predicted molar refractivity (Wildman–Crippen MR) is 121 cm³/mol. The van der Waals surface area contributed by atoms with E-state index < -0.39 is 17.8 Å². The van der Waals surface area contributed by atoms with E-state index in [-0.39, 0.29) is 17.9 Å². The third kappa shape index (κ3) is 11.5. The van der Waals surface area contributed by atoms with Crippen molar-refractivity contribution in [1.82, 2.24) is 0 Å². The predicted octanol–water partition coefficient (Wildman–Crippen LogP) is 5.02. The molecule has 31 heavy (non-hydrogen) atoms. The number of carbonyl (C=O) groups is 2. The summed E-state index contributed by atoms with van der Waals surface area (Å²) in [5.74, 6) is 0.197.